The molecule has 0 aromatic heterocycles. The van der Waals surface area contributed by atoms with Crippen molar-refractivity contribution >= 4 is 21.8 Å². The molecule has 1 amide bonds. The van der Waals surface area contributed by atoms with Crippen molar-refractivity contribution in [2.45, 2.75) is 18.6 Å². The molecule has 1 N–H and O–H groups in total. The van der Waals surface area contributed by atoms with E-state index in [0.717, 1.165) is 4.47 Å². The maximum Gasteiger partial charge on any atom is 0.254 e. The number of aliphatic hydroxyl groups excluding tert-OH is 1. The first kappa shape index (κ1) is 13.5. The molecule has 1 saturated heterocycles. The van der Waals surface area contributed by atoms with Crippen molar-refractivity contribution < 1.29 is 14.6 Å². The number of carbonyl (C=O) groups is 1. The zero-order valence-corrected chi connectivity index (χ0v) is 11.8. The van der Waals surface area contributed by atoms with E-state index in [1.807, 2.05) is 12.1 Å². The standard InChI is InChI=1S/C13H16BrNO3/c1-18-12-6-11(8-16)15(7-12)13(17)9-2-4-10(14)5-3-9/h2-5,11-12,16H,6-8H2,1H3/t11-,12-/m0/s1. The average Bonchev–Trinajstić information content (AvgIpc) is 2.82. The Morgan fingerprint density at radius 1 is 1.50 bits per heavy atom. The fourth-order valence-electron chi connectivity index (χ4n) is 2.22. The zero-order chi connectivity index (χ0) is 13.1. The van der Waals surface area contributed by atoms with Crippen LogP contribution < -0.4 is 0 Å². The highest BCUT2D eigenvalue weighted by Crippen LogP contribution is 2.22. The molecule has 1 heterocycles. The number of rotatable bonds is 3. The van der Waals surface area contributed by atoms with E-state index in [1.54, 1.807) is 24.1 Å². The van der Waals surface area contributed by atoms with Gasteiger partial charge in [-0.1, -0.05) is 15.9 Å². The quantitative estimate of drug-likeness (QED) is 0.923. The van der Waals surface area contributed by atoms with E-state index in [1.165, 1.54) is 0 Å². The fraction of sp³-hybridized carbons (Fsp3) is 0.462. The predicted molar refractivity (Wildman–Crippen MR) is 71.5 cm³/mol. The van der Waals surface area contributed by atoms with Crippen LogP contribution in [0.4, 0.5) is 0 Å². The molecule has 0 aliphatic carbocycles. The summed E-state index contributed by atoms with van der Waals surface area (Å²) in [6.07, 6.45) is 0.705. The van der Waals surface area contributed by atoms with Crippen LogP contribution in [0.25, 0.3) is 0 Å². The van der Waals surface area contributed by atoms with E-state index < -0.39 is 0 Å². The third-order valence-electron chi connectivity index (χ3n) is 3.27. The van der Waals surface area contributed by atoms with Crippen LogP contribution >= 0.6 is 15.9 Å². The number of hydrogen-bond acceptors (Lipinski definition) is 3. The van der Waals surface area contributed by atoms with Gasteiger partial charge in [0.15, 0.2) is 0 Å². The largest absolute Gasteiger partial charge is 0.394 e. The molecule has 0 bridgehead atoms. The summed E-state index contributed by atoms with van der Waals surface area (Å²) in [6, 6.07) is 7.09. The zero-order valence-electron chi connectivity index (χ0n) is 10.2. The van der Waals surface area contributed by atoms with Crippen molar-refractivity contribution in [2.75, 3.05) is 20.3 Å². The molecule has 1 aliphatic heterocycles. The number of likely N-dealkylation sites (tertiary alicyclic amines) is 1. The van der Waals surface area contributed by atoms with Gasteiger partial charge in [0.25, 0.3) is 5.91 Å². The Kier molecular flexibility index (Phi) is 4.37. The second-order valence-electron chi connectivity index (χ2n) is 4.39. The number of amides is 1. The Hall–Kier alpha value is -0.910. The van der Waals surface area contributed by atoms with Crippen molar-refractivity contribution in [2.24, 2.45) is 0 Å². The lowest BCUT2D eigenvalue weighted by atomic mass is 10.1. The lowest BCUT2D eigenvalue weighted by Crippen LogP contribution is -2.38. The second kappa shape index (κ2) is 5.82. The summed E-state index contributed by atoms with van der Waals surface area (Å²) in [5.74, 6) is -0.0545. The van der Waals surface area contributed by atoms with Crippen LogP contribution in [0.5, 0.6) is 0 Å². The SMILES string of the molecule is CO[C@H]1C[C@@H](CO)N(C(=O)c2ccc(Br)cc2)C1. The first-order chi connectivity index (χ1) is 8.65. The summed E-state index contributed by atoms with van der Waals surface area (Å²) in [6.45, 7) is 0.513. The molecule has 2 atom stereocenters. The maximum atomic E-state index is 12.3. The Morgan fingerprint density at radius 2 is 2.17 bits per heavy atom. The predicted octanol–water partition coefficient (Wildman–Crippen LogP) is 1.67. The van der Waals surface area contributed by atoms with Gasteiger partial charge in [0, 0.05) is 23.7 Å². The maximum absolute atomic E-state index is 12.3. The Balaban J connectivity index is 2.15. The topological polar surface area (TPSA) is 49.8 Å². The summed E-state index contributed by atoms with van der Waals surface area (Å²) in [7, 11) is 1.63. The molecule has 0 spiro atoms. The molecule has 1 aromatic rings. The van der Waals surface area contributed by atoms with Gasteiger partial charge in [-0.05, 0) is 30.7 Å². The van der Waals surface area contributed by atoms with Crippen LogP contribution in [-0.4, -0.2) is 48.3 Å². The molecule has 5 heteroatoms. The molecular formula is C13H16BrNO3. The van der Waals surface area contributed by atoms with E-state index in [9.17, 15) is 9.90 Å². The summed E-state index contributed by atoms with van der Waals surface area (Å²) in [4.78, 5) is 14.0. The molecule has 1 fully saturated rings. The molecule has 0 saturated carbocycles. The highest BCUT2D eigenvalue weighted by atomic mass is 79.9. The lowest BCUT2D eigenvalue weighted by Gasteiger charge is -2.22. The third kappa shape index (κ3) is 2.74. The molecule has 18 heavy (non-hydrogen) atoms. The second-order valence-corrected chi connectivity index (χ2v) is 5.31. The van der Waals surface area contributed by atoms with Crippen molar-refractivity contribution in [3.63, 3.8) is 0 Å². The minimum atomic E-state index is -0.147. The van der Waals surface area contributed by atoms with Gasteiger partial charge < -0.3 is 14.7 Å². The number of ether oxygens (including phenoxy) is 1. The number of benzene rings is 1. The molecule has 4 nitrogen and oxygen atoms in total. The molecular weight excluding hydrogens is 298 g/mol. The first-order valence-corrected chi connectivity index (χ1v) is 6.65. The first-order valence-electron chi connectivity index (χ1n) is 5.86. The minimum absolute atomic E-state index is 0.0153. The Bertz CT molecular complexity index is 421. The van der Waals surface area contributed by atoms with Crippen LogP contribution in [0, 0.1) is 0 Å². The normalized spacial score (nSPS) is 23.4. The minimum Gasteiger partial charge on any atom is -0.394 e. The number of halogens is 1. The smallest absolute Gasteiger partial charge is 0.254 e. The van der Waals surface area contributed by atoms with Gasteiger partial charge in [0.05, 0.1) is 18.8 Å². The monoisotopic (exact) mass is 313 g/mol. The van der Waals surface area contributed by atoms with Gasteiger partial charge in [0.2, 0.25) is 0 Å². The average molecular weight is 314 g/mol. The number of methoxy groups -OCH3 is 1. The van der Waals surface area contributed by atoms with Crippen molar-refractivity contribution in [1.82, 2.24) is 4.90 Å². The van der Waals surface area contributed by atoms with Crippen molar-refractivity contribution in [3.05, 3.63) is 34.3 Å². The van der Waals surface area contributed by atoms with Crippen LogP contribution in [0.1, 0.15) is 16.8 Å². The molecule has 98 valence electrons. The number of carbonyl (C=O) groups excluding carboxylic acids is 1. The van der Waals surface area contributed by atoms with Gasteiger partial charge >= 0.3 is 0 Å². The van der Waals surface area contributed by atoms with Crippen LogP contribution in [-0.2, 0) is 4.74 Å². The van der Waals surface area contributed by atoms with Crippen LogP contribution in [0.3, 0.4) is 0 Å². The Labute approximate surface area is 115 Å². The van der Waals surface area contributed by atoms with E-state index in [-0.39, 0.29) is 24.7 Å². The van der Waals surface area contributed by atoms with Gasteiger partial charge in [-0.3, -0.25) is 4.79 Å². The molecule has 0 unspecified atom stereocenters. The van der Waals surface area contributed by atoms with Crippen LogP contribution in [0.15, 0.2) is 28.7 Å². The molecule has 1 aliphatic rings. The van der Waals surface area contributed by atoms with E-state index in [4.69, 9.17) is 4.74 Å². The third-order valence-corrected chi connectivity index (χ3v) is 3.80. The fourth-order valence-corrected chi connectivity index (χ4v) is 2.49. The number of aliphatic hydroxyl groups is 1. The highest BCUT2D eigenvalue weighted by molar-refractivity contribution is 9.10. The molecule has 1 aromatic carbocycles. The molecule has 0 radical (unpaired) electrons. The lowest BCUT2D eigenvalue weighted by molar-refractivity contribution is 0.0648. The summed E-state index contributed by atoms with van der Waals surface area (Å²) < 4.78 is 6.20. The highest BCUT2D eigenvalue weighted by Gasteiger charge is 2.35. The van der Waals surface area contributed by atoms with E-state index in [2.05, 4.69) is 15.9 Å². The van der Waals surface area contributed by atoms with E-state index >= 15 is 0 Å². The number of nitrogens with zero attached hydrogens (tertiary/aromatic N) is 1. The summed E-state index contributed by atoms with van der Waals surface area (Å²) in [5.41, 5.74) is 0.633. The van der Waals surface area contributed by atoms with Crippen LogP contribution in [0.2, 0.25) is 0 Å². The van der Waals surface area contributed by atoms with Gasteiger partial charge in [0.1, 0.15) is 0 Å². The molecule has 2 rings (SSSR count). The van der Waals surface area contributed by atoms with Crippen molar-refractivity contribution in [3.8, 4) is 0 Å². The van der Waals surface area contributed by atoms with Gasteiger partial charge in [-0.2, -0.15) is 0 Å². The van der Waals surface area contributed by atoms with Crippen molar-refractivity contribution in [1.29, 1.82) is 0 Å². The van der Waals surface area contributed by atoms with E-state index in [0.29, 0.717) is 18.5 Å². The Morgan fingerprint density at radius 3 is 2.72 bits per heavy atom. The van der Waals surface area contributed by atoms with Gasteiger partial charge in [-0.15, -0.1) is 0 Å². The summed E-state index contributed by atoms with van der Waals surface area (Å²) in [5, 5.41) is 9.33. The van der Waals surface area contributed by atoms with Gasteiger partial charge in [-0.25, -0.2) is 0 Å². The summed E-state index contributed by atoms with van der Waals surface area (Å²) >= 11 is 3.34. The number of hydrogen-bond donors (Lipinski definition) is 1.